The molecule has 0 spiro atoms. The van der Waals surface area contributed by atoms with Crippen LogP contribution < -0.4 is 5.73 Å². The molecule has 1 heterocycles. The van der Waals surface area contributed by atoms with Crippen molar-refractivity contribution in [3.63, 3.8) is 0 Å². The molecule has 0 atom stereocenters. The molecule has 4 nitrogen and oxygen atoms in total. The summed E-state index contributed by atoms with van der Waals surface area (Å²) in [6.45, 7) is 0. The molecule has 96 valence electrons. The Hall–Kier alpha value is -2.31. The van der Waals surface area contributed by atoms with Crippen molar-refractivity contribution in [2.75, 3.05) is 5.73 Å². The summed E-state index contributed by atoms with van der Waals surface area (Å²) in [5.41, 5.74) is 3.78. The van der Waals surface area contributed by atoms with Crippen molar-refractivity contribution in [3.8, 4) is 17.4 Å². The lowest BCUT2D eigenvalue weighted by molar-refractivity contribution is -0.136. The van der Waals surface area contributed by atoms with Gasteiger partial charge < -0.3 is 15.9 Å². The molecular formula is C11H9F3N2O2. The molecule has 2 rings (SSSR count). The first kappa shape index (κ1) is 12.2. The zero-order valence-electron chi connectivity index (χ0n) is 8.94. The summed E-state index contributed by atoms with van der Waals surface area (Å²) < 4.78 is 38.8. The van der Waals surface area contributed by atoms with Crippen LogP contribution in [0.1, 0.15) is 5.56 Å². The van der Waals surface area contributed by atoms with Crippen LogP contribution in [0.3, 0.4) is 0 Å². The topological polar surface area (TPSA) is 71.4 Å². The lowest BCUT2D eigenvalue weighted by Gasteiger charge is -2.13. The van der Waals surface area contributed by atoms with Gasteiger partial charge in [0, 0.05) is 17.8 Å². The van der Waals surface area contributed by atoms with Crippen molar-refractivity contribution < 1.29 is 23.4 Å². The van der Waals surface area contributed by atoms with E-state index >= 15 is 0 Å². The monoisotopic (exact) mass is 258 g/mol. The number of anilines is 1. The van der Waals surface area contributed by atoms with Gasteiger partial charge in [-0.05, 0) is 18.2 Å². The van der Waals surface area contributed by atoms with E-state index in [0.717, 1.165) is 16.7 Å². The maximum Gasteiger partial charge on any atom is 0.418 e. The van der Waals surface area contributed by atoms with E-state index in [1.807, 2.05) is 0 Å². The molecular weight excluding hydrogens is 249 g/mol. The first-order valence-electron chi connectivity index (χ1n) is 4.87. The van der Waals surface area contributed by atoms with E-state index in [2.05, 4.69) is 0 Å². The van der Waals surface area contributed by atoms with Crippen LogP contribution in [0.5, 0.6) is 11.8 Å². The van der Waals surface area contributed by atoms with E-state index in [1.165, 1.54) is 18.2 Å². The van der Waals surface area contributed by atoms with E-state index in [9.17, 15) is 23.4 Å². The molecule has 18 heavy (non-hydrogen) atoms. The van der Waals surface area contributed by atoms with Gasteiger partial charge in [-0.25, -0.2) is 0 Å². The molecule has 0 radical (unpaired) electrons. The number of alkyl halides is 3. The number of nitrogens with zero attached hydrogens (tertiary/aromatic N) is 1. The molecule has 4 N–H and O–H groups in total. The van der Waals surface area contributed by atoms with Crippen molar-refractivity contribution in [3.05, 3.63) is 35.9 Å². The quantitative estimate of drug-likeness (QED) is 0.688. The number of halogens is 3. The molecule has 0 unspecified atom stereocenters. The zero-order chi connectivity index (χ0) is 13.5. The zero-order valence-corrected chi connectivity index (χ0v) is 8.94. The smallest absolute Gasteiger partial charge is 0.418 e. The first-order chi connectivity index (χ1) is 8.30. The van der Waals surface area contributed by atoms with Gasteiger partial charge in [-0.2, -0.15) is 13.2 Å². The van der Waals surface area contributed by atoms with Gasteiger partial charge in [-0.15, -0.1) is 0 Å². The summed E-state index contributed by atoms with van der Waals surface area (Å²) >= 11 is 0. The van der Waals surface area contributed by atoms with Crippen molar-refractivity contribution in [2.24, 2.45) is 0 Å². The Bertz CT molecular complexity index is 571. The van der Waals surface area contributed by atoms with Gasteiger partial charge in [0.05, 0.1) is 11.3 Å². The van der Waals surface area contributed by atoms with Crippen molar-refractivity contribution in [1.29, 1.82) is 0 Å². The average molecular weight is 258 g/mol. The Kier molecular flexibility index (Phi) is 2.61. The van der Waals surface area contributed by atoms with Crippen LogP contribution in [0.15, 0.2) is 30.3 Å². The SMILES string of the molecule is Nc1ccc(-n2c(O)ccc2O)cc1C(F)(F)F. The van der Waals surface area contributed by atoms with Crippen molar-refractivity contribution in [1.82, 2.24) is 4.57 Å². The summed E-state index contributed by atoms with van der Waals surface area (Å²) in [5, 5.41) is 18.9. The molecule has 2 aromatic rings. The van der Waals surface area contributed by atoms with E-state index in [0.29, 0.717) is 0 Å². The highest BCUT2D eigenvalue weighted by atomic mass is 19.4. The van der Waals surface area contributed by atoms with Crippen LogP contribution in [0.4, 0.5) is 18.9 Å². The minimum absolute atomic E-state index is 0.0310. The Labute approximate surface area is 99.7 Å². The molecule has 0 fully saturated rings. The minimum atomic E-state index is -4.60. The van der Waals surface area contributed by atoms with Crippen LogP contribution in [0, 0.1) is 0 Å². The number of nitrogen functional groups attached to an aromatic ring is 1. The van der Waals surface area contributed by atoms with Crippen LogP contribution in [0.2, 0.25) is 0 Å². The second-order valence-electron chi connectivity index (χ2n) is 3.65. The second-order valence-corrected chi connectivity index (χ2v) is 3.65. The summed E-state index contributed by atoms with van der Waals surface area (Å²) in [6.07, 6.45) is -4.60. The third kappa shape index (κ3) is 1.94. The van der Waals surface area contributed by atoms with Gasteiger partial charge in [0.1, 0.15) is 0 Å². The number of nitrogens with two attached hydrogens (primary N) is 1. The third-order valence-electron chi connectivity index (χ3n) is 2.44. The molecule has 0 amide bonds. The number of hydrogen-bond acceptors (Lipinski definition) is 3. The van der Waals surface area contributed by atoms with Gasteiger partial charge in [-0.1, -0.05) is 0 Å². The molecule has 0 aliphatic heterocycles. The molecule has 0 saturated carbocycles. The van der Waals surface area contributed by atoms with Gasteiger partial charge in [0.25, 0.3) is 0 Å². The van der Waals surface area contributed by atoms with Crippen LogP contribution in [-0.4, -0.2) is 14.8 Å². The number of benzene rings is 1. The largest absolute Gasteiger partial charge is 0.494 e. The molecule has 1 aromatic heterocycles. The van der Waals surface area contributed by atoms with E-state index in [-0.39, 0.29) is 17.4 Å². The molecule has 0 bridgehead atoms. The highest BCUT2D eigenvalue weighted by Crippen LogP contribution is 2.36. The normalized spacial score (nSPS) is 11.7. The maximum absolute atomic E-state index is 12.7. The summed E-state index contributed by atoms with van der Waals surface area (Å²) in [7, 11) is 0. The standard InChI is InChI=1S/C11H9F3N2O2/c12-11(13,14)7-5-6(1-2-8(7)15)16-9(17)3-4-10(16)18/h1-5,17-18H,15H2. The predicted octanol–water partition coefficient (Wildman–Crippen LogP) is 2.49. The number of aromatic nitrogens is 1. The molecule has 7 heteroatoms. The lowest BCUT2D eigenvalue weighted by Crippen LogP contribution is -2.10. The molecule has 0 aliphatic carbocycles. The predicted molar refractivity (Wildman–Crippen MR) is 58.5 cm³/mol. The third-order valence-corrected chi connectivity index (χ3v) is 2.44. The highest BCUT2D eigenvalue weighted by molar-refractivity contribution is 5.56. The van der Waals surface area contributed by atoms with Gasteiger partial charge in [-0.3, -0.25) is 4.57 Å². The van der Waals surface area contributed by atoms with E-state index in [4.69, 9.17) is 5.73 Å². The van der Waals surface area contributed by atoms with E-state index in [1.54, 1.807) is 0 Å². The average Bonchev–Trinajstić information content (AvgIpc) is 2.58. The van der Waals surface area contributed by atoms with Crippen LogP contribution in [-0.2, 0) is 6.18 Å². The van der Waals surface area contributed by atoms with Crippen molar-refractivity contribution in [2.45, 2.75) is 6.18 Å². The Morgan fingerprint density at radius 3 is 2.06 bits per heavy atom. The minimum Gasteiger partial charge on any atom is -0.494 e. The van der Waals surface area contributed by atoms with Crippen LogP contribution in [0.25, 0.3) is 5.69 Å². The number of aromatic hydroxyl groups is 2. The second kappa shape index (κ2) is 3.86. The first-order valence-corrected chi connectivity index (χ1v) is 4.87. The fourth-order valence-corrected chi connectivity index (χ4v) is 1.61. The summed E-state index contributed by atoms with van der Waals surface area (Å²) in [6, 6.07) is 5.42. The fourth-order valence-electron chi connectivity index (χ4n) is 1.61. The molecule has 0 saturated heterocycles. The van der Waals surface area contributed by atoms with Gasteiger partial charge in [0.15, 0.2) is 11.8 Å². The molecule has 0 aliphatic rings. The van der Waals surface area contributed by atoms with Crippen molar-refractivity contribution >= 4 is 5.69 Å². The molecule has 1 aromatic carbocycles. The van der Waals surface area contributed by atoms with Gasteiger partial charge in [0.2, 0.25) is 0 Å². The Morgan fingerprint density at radius 2 is 1.56 bits per heavy atom. The van der Waals surface area contributed by atoms with Crippen LogP contribution >= 0.6 is 0 Å². The summed E-state index contributed by atoms with van der Waals surface area (Å²) in [5.74, 6) is -0.740. The van der Waals surface area contributed by atoms with E-state index < -0.39 is 17.4 Å². The number of hydrogen-bond donors (Lipinski definition) is 3. The fraction of sp³-hybridized carbons (Fsp3) is 0.0909. The maximum atomic E-state index is 12.7. The summed E-state index contributed by atoms with van der Waals surface area (Å²) in [4.78, 5) is 0. The van der Waals surface area contributed by atoms with Gasteiger partial charge >= 0.3 is 6.18 Å². The lowest BCUT2D eigenvalue weighted by atomic mass is 10.1. The number of rotatable bonds is 1. The Balaban J connectivity index is 2.62. The Morgan fingerprint density at radius 1 is 1.00 bits per heavy atom. The highest BCUT2D eigenvalue weighted by Gasteiger charge is 2.33.